The maximum Gasteiger partial charge on any atom is 0.302 e. The number of aliphatic hydroxyl groups is 1. The Morgan fingerprint density at radius 3 is 2.20 bits per heavy atom. The maximum absolute atomic E-state index is 11.9. The van der Waals surface area contributed by atoms with Gasteiger partial charge in [0.05, 0.1) is 0 Å². The SMILES string of the molecule is C=C(C)[C@@H]1CC[C@]2(CO)CC[C@]3(C)[C@H](CC[C@@H]4[C@@]5(C)CC[C@@H](OC(C)=O)C(C)(C)[C@H]5CC[C@]43C)[C@@H]12. The molecule has 0 aliphatic heterocycles. The van der Waals surface area contributed by atoms with E-state index in [0.29, 0.717) is 46.5 Å². The minimum absolute atomic E-state index is 0.0207. The average Bonchev–Trinajstić information content (AvgIpc) is 3.16. The molecule has 5 rings (SSSR count). The zero-order valence-electron chi connectivity index (χ0n) is 23.7. The van der Waals surface area contributed by atoms with Crippen LogP contribution in [0.5, 0.6) is 0 Å². The molecular weight excluding hydrogens is 432 g/mol. The van der Waals surface area contributed by atoms with Crippen molar-refractivity contribution >= 4 is 5.97 Å². The first-order chi connectivity index (χ1) is 16.3. The van der Waals surface area contributed by atoms with Gasteiger partial charge in [0.2, 0.25) is 0 Å². The fourth-order valence-electron chi connectivity index (χ4n) is 11.9. The molecule has 3 nitrogen and oxygen atoms in total. The second-order valence-corrected chi connectivity index (χ2v) is 15.2. The van der Waals surface area contributed by atoms with Crippen LogP contribution in [0.3, 0.4) is 0 Å². The van der Waals surface area contributed by atoms with Crippen LogP contribution in [0.2, 0.25) is 0 Å². The first kappa shape index (κ1) is 25.8. The summed E-state index contributed by atoms with van der Waals surface area (Å²) in [6.07, 6.45) is 12.2. The van der Waals surface area contributed by atoms with Crippen LogP contribution in [0.15, 0.2) is 12.2 Å². The van der Waals surface area contributed by atoms with Crippen LogP contribution in [0.4, 0.5) is 0 Å². The zero-order chi connectivity index (χ0) is 25.6. The Kier molecular flexibility index (Phi) is 5.96. The van der Waals surface area contributed by atoms with Crippen LogP contribution in [0, 0.1) is 56.7 Å². The van der Waals surface area contributed by atoms with Crippen molar-refractivity contribution in [1.82, 2.24) is 0 Å². The third kappa shape index (κ3) is 3.28. The molecule has 10 atom stereocenters. The Balaban J connectivity index is 1.51. The van der Waals surface area contributed by atoms with Crippen LogP contribution >= 0.6 is 0 Å². The van der Waals surface area contributed by atoms with Crippen LogP contribution in [-0.2, 0) is 9.53 Å². The van der Waals surface area contributed by atoms with Gasteiger partial charge in [-0.1, -0.05) is 46.8 Å². The number of aliphatic hydroxyl groups excluding tert-OH is 1. The number of esters is 1. The Bertz CT molecular complexity index is 891. The molecule has 5 saturated carbocycles. The van der Waals surface area contributed by atoms with Crippen LogP contribution < -0.4 is 0 Å². The average molecular weight is 485 g/mol. The molecule has 0 saturated heterocycles. The monoisotopic (exact) mass is 484 g/mol. The van der Waals surface area contributed by atoms with Gasteiger partial charge in [-0.3, -0.25) is 4.79 Å². The molecule has 35 heavy (non-hydrogen) atoms. The summed E-state index contributed by atoms with van der Waals surface area (Å²) in [7, 11) is 0. The quantitative estimate of drug-likeness (QED) is 0.332. The van der Waals surface area contributed by atoms with E-state index in [9.17, 15) is 9.90 Å². The topological polar surface area (TPSA) is 46.5 Å². The Labute approximate surface area is 214 Å². The van der Waals surface area contributed by atoms with E-state index in [0.717, 1.165) is 12.3 Å². The van der Waals surface area contributed by atoms with Crippen molar-refractivity contribution in [2.75, 3.05) is 6.61 Å². The summed E-state index contributed by atoms with van der Waals surface area (Å²) in [4.78, 5) is 11.9. The molecule has 0 aromatic heterocycles. The van der Waals surface area contributed by atoms with Crippen molar-refractivity contribution in [2.45, 2.75) is 119 Å². The van der Waals surface area contributed by atoms with E-state index >= 15 is 0 Å². The molecule has 0 bridgehead atoms. The fourth-order valence-corrected chi connectivity index (χ4v) is 11.9. The van der Waals surface area contributed by atoms with Crippen molar-refractivity contribution in [1.29, 1.82) is 0 Å². The van der Waals surface area contributed by atoms with E-state index in [2.05, 4.69) is 48.1 Å². The van der Waals surface area contributed by atoms with Crippen LogP contribution in [0.1, 0.15) is 113 Å². The molecule has 1 N–H and O–H groups in total. The van der Waals surface area contributed by atoms with Gasteiger partial charge in [0, 0.05) is 18.9 Å². The lowest BCUT2D eigenvalue weighted by Gasteiger charge is -2.73. The summed E-state index contributed by atoms with van der Waals surface area (Å²) < 4.78 is 5.90. The summed E-state index contributed by atoms with van der Waals surface area (Å²) in [5, 5.41) is 10.7. The number of carbonyl (C=O) groups excluding carboxylic acids is 1. The molecule has 0 aromatic carbocycles. The third-order valence-corrected chi connectivity index (χ3v) is 13.8. The minimum atomic E-state index is -0.126. The Hall–Kier alpha value is -0.830. The van der Waals surface area contributed by atoms with E-state index in [1.807, 2.05) is 0 Å². The highest BCUT2D eigenvalue weighted by Gasteiger charge is 2.71. The predicted molar refractivity (Wildman–Crippen MR) is 142 cm³/mol. The van der Waals surface area contributed by atoms with Crippen molar-refractivity contribution in [3.05, 3.63) is 12.2 Å². The summed E-state index contributed by atoms with van der Waals surface area (Å²) in [6.45, 7) is 21.3. The molecule has 3 heteroatoms. The highest BCUT2D eigenvalue weighted by Crippen LogP contribution is 2.77. The summed E-state index contributed by atoms with van der Waals surface area (Å²) >= 11 is 0. The standard InChI is InChI=1S/C32H52O3/c1-20(2)22-11-16-32(19-33)18-17-30(7)23(27(22)32)9-10-25-29(6)14-13-26(35-21(3)34)28(4,5)24(29)12-15-31(25,30)8/h22-27,33H,1,9-19H2,2-8H3/t22-,23+,24+,25+,26+,27+,29-,30+,31+,32+/m0/s1. The molecule has 0 amide bonds. The van der Waals surface area contributed by atoms with Crippen LogP contribution in [0.25, 0.3) is 0 Å². The highest BCUT2D eigenvalue weighted by atomic mass is 16.5. The number of carbonyl (C=O) groups is 1. The zero-order valence-corrected chi connectivity index (χ0v) is 23.7. The molecule has 5 fully saturated rings. The van der Waals surface area contributed by atoms with Gasteiger partial charge in [0.15, 0.2) is 0 Å². The van der Waals surface area contributed by atoms with Crippen molar-refractivity contribution in [2.24, 2.45) is 56.7 Å². The third-order valence-electron chi connectivity index (χ3n) is 13.8. The number of hydrogen-bond acceptors (Lipinski definition) is 3. The molecule has 5 aliphatic carbocycles. The number of fused-ring (bicyclic) bond motifs is 7. The summed E-state index contributed by atoms with van der Waals surface area (Å²) in [6, 6.07) is 0. The second-order valence-electron chi connectivity index (χ2n) is 15.2. The lowest BCUT2D eigenvalue weighted by atomic mass is 9.32. The second kappa shape index (κ2) is 8.08. The highest BCUT2D eigenvalue weighted by molar-refractivity contribution is 5.66. The lowest BCUT2D eigenvalue weighted by molar-refractivity contribution is -0.251. The van der Waals surface area contributed by atoms with Crippen molar-refractivity contribution in [3.63, 3.8) is 0 Å². The van der Waals surface area contributed by atoms with Gasteiger partial charge in [-0.05, 0) is 122 Å². The number of ether oxygens (including phenoxy) is 1. The number of hydrogen-bond donors (Lipinski definition) is 1. The number of allylic oxidation sites excluding steroid dienone is 1. The van der Waals surface area contributed by atoms with E-state index < -0.39 is 0 Å². The fraction of sp³-hybridized carbons (Fsp3) is 0.906. The molecule has 0 unspecified atom stereocenters. The predicted octanol–water partition coefficient (Wildman–Crippen LogP) is 7.57. The normalized spacial score (nSPS) is 52.5. The lowest BCUT2D eigenvalue weighted by Crippen LogP contribution is -2.67. The van der Waals surface area contributed by atoms with Gasteiger partial charge in [-0.15, -0.1) is 0 Å². The van der Waals surface area contributed by atoms with Gasteiger partial charge < -0.3 is 9.84 Å². The molecule has 0 heterocycles. The van der Waals surface area contributed by atoms with Gasteiger partial charge in [-0.2, -0.15) is 0 Å². The number of rotatable bonds is 3. The molecule has 5 aliphatic rings. The van der Waals surface area contributed by atoms with E-state index in [4.69, 9.17) is 4.74 Å². The summed E-state index contributed by atoms with van der Waals surface area (Å²) in [5.41, 5.74) is 2.45. The largest absolute Gasteiger partial charge is 0.462 e. The van der Waals surface area contributed by atoms with Gasteiger partial charge in [-0.25, -0.2) is 0 Å². The van der Waals surface area contributed by atoms with Gasteiger partial charge >= 0.3 is 5.97 Å². The van der Waals surface area contributed by atoms with Crippen molar-refractivity contribution < 1.29 is 14.6 Å². The minimum Gasteiger partial charge on any atom is -0.462 e. The van der Waals surface area contributed by atoms with Gasteiger partial charge in [0.1, 0.15) is 6.10 Å². The van der Waals surface area contributed by atoms with E-state index in [1.54, 1.807) is 6.92 Å². The Morgan fingerprint density at radius 1 is 0.857 bits per heavy atom. The van der Waals surface area contributed by atoms with E-state index in [-0.39, 0.29) is 22.9 Å². The van der Waals surface area contributed by atoms with Crippen molar-refractivity contribution in [3.8, 4) is 0 Å². The molecule has 0 spiro atoms. The summed E-state index contributed by atoms with van der Waals surface area (Å²) in [5.74, 6) is 3.07. The molecule has 0 aromatic rings. The van der Waals surface area contributed by atoms with Crippen LogP contribution in [-0.4, -0.2) is 23.8 Å². The first-order valence-corrected chi connectivity index (χ1v) is 14.7. The molecule has 198 valence electrons. The molecular formula is C32H52O3. The van der Waals surface area contributed by atoms with E-state index in [1.165, 1.54) is 63.4 Å². The Morgan fingerprint density at radius 2 is 1.57 bits per heavy atom. The maximum atomic E-state index is 11.9. The molecule has 0 radical (unpaired) electrons. The van der Waals surface area contributed by atoms with Gasteiger partial charge in [0.25, 0.3) is 0 Å². The smallest absolute Gasteiger partial charge is 0.302 e. The first-order valence-electron chi connectivity index (χ1n) is 14.7.